The Morgan fingerprint density at radius 2 is 2.05 bits per heavy atom. The number of amides is 2. The fourth-order valence-corrected chi connectivity index (χ4v) is 1.90. The van der Waals surface area contributed by atoms with Crippen LogP contribution in [0.5, 0.6) is 0 Å². The number of carbonyl (C=O) groups excluding carboxylic acids is 2. The zero-order valence-corrected chi connectivity index (χ0v) is 10.5. The van der Waals surface area contributed by atoms with Gasteiger partial charge in [0.25, 0.3) is 0 Å². The van der Waals surface area contributed by atoms with Crippen LogP contribution in [-0.4, -0.2) is 48.7 Å². The summed E-state index contributed by atoms with van der Waals surface area (Å²) in [5.74, 6) is -5.77. The van der Waals surface area contributed by atoms with Gasteiger partial charge in [-0.15, -0.1) is 0 Å². The number of nitrogens with zero attached hydrogens (tertiary/aromatic N) is 1. The minimum Gasteiger partial charge on any atom is -0.350 e. The Hall–Kier alpha value is -1.34. The Balaban J connectivity index is 2.47. The lowest BCUT2D eigenvalue weighted by Crippen LogP contribution is -2.48. The first kappa shape index (κ1) is 15.7. The Kier molecular flexibility index (Phi) is 5.13. The van der Waals surface area contributed by atoms with Gasteiger partial charge in [0.15, 0.2) is 0 Å². The van der Waals surface area contributed by atoms with Gasteiger partial charge in [-0.1, -0.05) is 0 Å². The van der Waals surface area contributed by atoms with Gasteiger partial charge in [-0.25, -0.2) is 8.78 Å². The van der Waals surface area contributed by atoms with Gasteiger partial charge in [0, 0.05) is 20.0 Å². The van der Waals surface area contributed by atoms with Crippen molar-refractivity contribution in [3.8, 4) is 0 Å². The van der Waals surface area contributed by atoms with Crippen molar-refractivity contribution in [2.45, 2.75) is 32.1 Å². The van der Waals surface area contributed by atoms with Crippen LogP contribution < -0.4 is 5.32 Å². The van der Waals surface area contributed by atoms with Gasteiger partial charge >= 0.3 is 12.3 Å². The van der Waals surface area contributed by atoms with E-state index in [0.29, 0.717) is 19.4 Å². The van der Waals surface area contributed by atoms with Crippen molar-refractivity contribution in [2.24, 2.45) is 5.92 Å². The van der Waals surface area contributed by atoms with E-state index >= 15 is 0 Å². The minimum atomic E-state index is -4.23. The molecule has 1 unspecified atom stereocenters. The molecule has 2 amide bonds. The number of rotatable bonds is 4. The third-order valence-electron chi connectivity index (χ3n) is 3.06. The molecule has 0 saturated carbocycles. The zero-order valence-electron chi connectivity index (χ0n) is 10.5. The lowest BCUT2D eigenvalue weighted by Gasteiger charge is -2.31. The van der Waals surface area contributed by atoms with E-state index in [2.05, 4.69) is 0 Å². The fraction of sp³-hybridized carbons (Fsp3) is 0.818. The number of piperidine rings is 1. The van der Waals surface area contributed by atoms with Crippen molar-refractivity contribution in [3.05, 3.63) is 0 Å². The van der Waals surface area contributed by atoms with E-state index in [1.165, 1.54) is 11.8 Å². The van der Waals surface area contributed by atoms with Gasteiger partial charge in [-0.05, 0) is 12.8 Å². The van der Waals surface area contributed by atoms with E-state index in [1.54, 1.807) is 0 Å². The highest BCUT2D eigenvalue weighted by atomic mass is 19.3. The molecule has 1 N–H and O–H groups in total. The normalized spacial score (nSPS) is 20.5. The van der Waals surface area contributed by atoms with Crippen LogP contribution in [0.3, 0.4) is 0 Å². The Morgan fingerprint density at radius 3 is 2.58 bits per heavy atom. The van der Waals surface area contributed by atoms with Crippen molar-refractivity contribution in [3.63, 3.8) is 0 Å². The van der Waals surface area contributed by atoms with E-state index in [0.717, 1.165) is 0 Å². The number of alkyl halides is 4. The number of carbonyl (C=O) groups is 2. The van der Waals surface area contributed by atoms with Crippen LogP contribution >= 0.6 is 0 Å². The molecule has 1 aliphatic heterocycles. The number of hydrogen-bond donors (Lipinski definition) is 1. The topological polar surface area (TPSA) is 49.4 Å². The van der Waals surface area contributed by atoms with Crippen LogP contribution in [0, 0.1) is 5.92 Å². The van der Waals surface area contributed by atoms with Crippen molar-refractivity contribution in [1.29, 1.82) is 0 Å². The monoisotopic (exact) mass is 284 g/mol. The summed E-state index contributed by atoms with van der Waals surface area (Å²) in [5, 5.41) is 1.83. The summed E-state index contributed by atoms with van der Waals surface area (Å²) in [6.07, 6.45) is -2.77. The molecule has 0 bridgehead atoms. The molecule has 1 heterocycles. The quantitative estimate of drug-likeness (QED) is 0.790. The lowest BCUT2D eigenvalue weighted by molar-refractivity contribution is -0.141. The summed E-state index contributed by atoms with van der Waals surface area (Å²) in [7, 11) is 0. The summed E-state index contributed by atoms with van der Waals surface area (Å²) in [5.41, 5.74) is 0. The molecule has 0 radical (unpaired) electrons. The SMILES string of the molecule is CC(=O)N1CCCC(C(=O)NCC(F)(F)C(F)F)C1. The molecule has 8 heteroatoms. The summed E-state index contributed by atoms with van der Waals surface area (Å²) in [6, 6.07) is 0. The van der Waals surface area contributed by atoms with Crippen molar-refractivity contribution in [2.75, 3.05) is 19.6 Å². The molecule has 1 aliphatic rings. The summed E-state index contributed by atoms with van der Waals surface area (Å²) < 4.78 is 49.1. The van der Waals surface area contributed by atoms with Gasteiger partial charge in [0.05, 0.1) is 12.5 Å². The molecular formula is C11H16F4N2O2. The summed E-state index contributed by atoms with van der Waals surface area (Å²) in [6.45, 7) is 0.624. The van der Waals surface area contributed by atoms with Gasteiger partial charge in [-0.2, -0.15) is 8.78 Å². The smallest absolute Gasteiger partial charge is 0.324 e. The average Bonchev–Trinajstić information content (AvgIpc) is 2.36. The maximum atomic E-state index is 12.6. The number of likely N-dealkylation sites (tertiary alicyclic amines) is 1. The van der Waals surface area contributed by atoms with Crippen LogP contribution in [0.4, 0.5) is 17.6 Å². The van der Waals surface area contributed by atoms with Gasteiger partial charge in [0.2, 0.25) is 11.8 Å². The highest BCUT2D eigenvalue weighted by Crippen LogP contribution is 2.22. The third kappa shape index (κ3) is 4.36. The fourth-order valence-electron chi connectivity index (χ4n) is 1.90. The van der Waals surface area contributed by atoms with E-state index in [9.17, 15) is 27.2 Å². The summed E-state index contributed by atoms with van der Waals surface area (Å²) >= 11 is 0. The van der Waals surface area contributed by atoms with E-state index < -0.39 is 30.7 Å². The predicted molar refractivity (Wildman–Crippen MR) is 58.9 cm³/mol. The second-order valence-electron chi connectivity index (χ2n) is 4.58. The molecule has 110 valence electrons. The molecule has 0 aromatic carbocycles. The largest absolute Gasteiger partial charge is 0.350 e. The first-order chi connectivity index (χ1) is 8.74. The van der Waals surface area contributed by atoms with Gasteiger partial charge in [-0.3, -0.25) is 9.59 Å². The van der Waals surface area contributed by atoms with E-state index in [1.807, 2.05) is 5.32 Å². The van der Waals surface area contributed by atoms with Crippen molar-refractivity contribution < 1.29 is 27.2 Å². The first-order valence-corrected chi connectivity index (χ1v) is 5.93. The molecule has 0 aliphatic carbocycles. The molecular weight excluding hydrogens is 268 g/mol. The second kappa shape index (κ2) is 6.21. The number of halogens is 4. The first-order valence-electron chi connectivity index (χ1n) is 5.93. The molecule has 1 atom stereocenters. The van der Waals surface area contributed by atoms with Crippen molar-refractivity contribution >= 4 is 11.8 Å². The maximum Gasteiger partial charge on any atom is 0.324 e. The van der Waals surface area contributed by atoms with Gasteiger partial charge < -0.3 is 10.2 Å². The van der Waals surface area contributed by atoms with Crippen LogP contribution in [0.25, 0.3) is 0 Å². The average molecular weight is 284 g/mol. The highest BCUT2D eigenvalue weighted by molar-refractivity contribution is 5.80. The second-order valence-corrected chi connectivity index (χ2v) is 4.58. The maximum absolute atomic E-state index is 12.6. The molecule has 4 nitrogen and oxygen atoms in total. The van der Waals surface area contributed by atoms with E-state index in [4.69, 9.17) is 0 Å². The lowest BCUT2D eigenvalue weighted by atomic mass is 9.97. The zero-order chi connectivity index (χ0) is 14.6. The van der Waals surface area contributed by atoms with Crippen LogP contribution in [0.1, 0.15) is 19.8 Å². The van der Waals surface area contributed by atoms with Crippen LogP contribution in [0.2, 0.25) is 0 Å². The molecule has 0 spiro atoms. The predicted octanol–water partition coefficient (Wildman–Crippen LogP) is 1.26. The molecule has 1 rings (SSSR count). The Morgan fingerprint density at radius 1 is 1.42 bits per heavy atom. The summed E-state index contributed by atoms with van der Waals surface area (Å²) in [4.78, 5) is 24.2. The number of nitrogens with one attached hydrogen (secondary N) is 1. The Bertz CT molecular complexity index is 350. The highest BCUT2D eigenvalue weighted by Gasteiger charge is 2.41. The standard InChI is InChI=1S/C11H16F4N2O2/c1-7(18)17-4-2-3-8(5-17)9(19)16-6-11(14,15)10(12)13/h8,10H,2-6H2,1H3,(H,16,19). The molecule has 1 saturated heterocycles. The molecule has 0 aromatic heterocycles. The molecule has 1 fully saturated rings. The minimum absolute atomic E-state index is 0.140. The van der Waals surface area contributed by atoms with Gasteiger partial charge in [0.1, 0.15) is 0 Å². The van der Waals surface area contributed by atoms with Crippen LogP contribution in [0.15, 0.2) is 0 Å². The number of hydrogen-bond acceptors (Lipinski definition) is 2. The van der Waals surface area contributed by atoms with Crippen molar-refractivity contribution in [1.82, 2.24) is 10.2 Å². The van der Waals surface area contributed by atoms with E-state index in [-0.39, 0.29) is 12.5 Å². The molecule has 0 aromatic rings. The third-order valence-corrected chi connectivity index (χ3v) is 3.06. The molecule has 19 heavy (non-hydrogen) atoms. The van der Waals surface area contributed by atoms with Crippen LogP contribution in [-0.2, 0) is 9.59 Å². The Labute approximate surface area is 108 Å².